The number of fused-ring (bicyclic) bond motifs is 1. The average molecular weight is 330 g/mol. The van der Waals surface area contributed by atoms with E-state index in [9.17, 15) is 23.4 Å². The van der Waals surface area contributed by atoms with Crippen LogP contribution in [0.1, 0.15) is 6.92 Å². The molecule has 6 nitrogen and oxygen atoms in total. The van der Waals surface area contributed by atoms with E-state index in [4.69, 9.17) is 4.74 Å². The molecule has 2 fully saturated rings. The van der Waals surface area contributed by atoms with E-state index in [1.165, 1.54) is 0 Å². The number of halogens is 3. The minimum absolute atomic E-state index is 0.473. The summed E-state index contributed by atoms with van der Waals surface area (Å²) in [5, 5.41) is 23.3. The predicted octanol–water partition coefficient (Wildman–Crippen LogP) is 0.0913. The fraction of sp³-hybridized carbons (Fsp3) is 0.909. The molecular weight excluding hydrogens is 313 g/mol. The average Bonchev–Trinajstić information content (AvgIpc) is 2.78. The third-order valence-electron chi connectivity index (χ3n) is 3.33. The van der Waals surface area contributed by atoms with Crippen molar-refractivity contribution in [3.8, 4) is 0 Å². The van der Waals surface area contributed by atoms with Crippen LogP contribution in [0.5, 0.6) is 0 Å². The van der Waals surface area contributed by atoms with Crippen molar-refractivity contribution in [2.45, 2.75) is 49.0 Å². The summed E-state index contributed by atoms with van der Waals surface area (Å²) in [6.07, 6.45) is -11.8. The standard InChI is InChI=1S/C11H17F3N2O4S/c1-3-15-10-16-4-5(17)6(18)7(20-9(4)21-10)8(19-2)11(12,13)14/h4-9,17-18H,3H2,1-2H3,(H,15,16)/t4-,5-,6+,7+,8-,9-/m1/s1. The number of hydrogen-bond acceptors (Lipinski definition) is 6. The van der Waals surface area contributed by atoms with Crippen LogP contribution in [0.25, 0.3) is 0 Å². The van der Waals surface area contributed by atoms with Crippen LogP contribution in [0.4, 0.5) is 13.2 Å². The van der Waals surface area contributed by atoms with Crippen LogP contribution in [-0.4, -0.2) is 71.1 Å². The third kappa shape index (κ3) is 3.29. The summed E-state index contributed by atoms with van der Waals surface area (Å²) in [5.74, 6) is 0. The number of thioether (sulfide) groups is 1. The van der Waals surface area contributed by atoms with Gasteiger partial charge in [-0.25, -0.2) is 0 Å². The van der Waals surface area contributed by atoms with Crippen molar-refractivity contribution in [1.82, 2.24) is 5.32 Å². The summed E-state index contributed by atoms with van der Waals surface area (Å²) in [4.78, 5) is 4.09. The maximum Gasteiger partial charge on any atom is 0.417 e. The molecule has 2 aliphatic heterocycles. The van der Waals surface area contributed by atoms with Crippen molar-refractivity contribution >= 4 is 16.9 Å². The first kappa shape index (κ1) is 16.8. The van der Waals surface area contributed by atoms with Crippen LogP contribution >= 0.6 is 11.8 Å². The van der Waals surface area contributed by atoms with E-state index in [0.717, 1.165) is 18.9 Å². The van der Waals surface area contributed by atoms with E-state index in [-0.39, 0.29) is 0 Å². The van der Waals surface area contributed by atoms with Crippen LogP contribution in [0.3, 0.4) is 0 Å². The Labute approximate surface area is 123 Å². The van der Waals surface area contributed by atoms with E-state index < -0.39 is 42.1 Å². The van der Waals surface area contributed by atoms with Crippen molar-refractivity contribution in [3.05, 3.63) is 0 Å². The number of hydrogen-bond donors (Lipinski definition) is 3. The van der Waals surface area contributed by atoms with Crippen LogP contribution < -0.4 is 5.32 Å². The van der Waals surface area contributed by atoms with Crippen molar-refractivity contribution in [2.24, 2.45) is 4.99 Å². The molecule has 21 heavy (non-hydrogen) atoms. The number of rotatable bonds is 3. The normalized spacial score (nSPS) is 40.0. The first-order valence-corrected chi connectivity index (χ1v) is 7.26. The van der Waals surface area contributed by atoms with Gasteiger partial charge in [-0.05, 0) is 6.92 Å². The zero-order valence-electron chi connectivity index (χ0n) is 11.4. The fourth-order valence-electron chi connectivity index (χ4n) is 2.36. The van der Waals surface area contributed by atoms with Gasteiger partial charge in [0.25, 0.3) is 0 Å². The first-order valence-electron chi connectivity index (χ1n) is 6.38. The zero-order valence-corrected chi connectivity index (χ0v) is 12.2. The second kappa shape index (κ2) is 6.29. The topological polar surface area (TPSA) is 83.3 Å². The summed E-state index contributed by atoms with van der Waals surface area (Å²) in [7, 11) is 0.886. The van der Waals surface area contributed by atoms with Crippen molar-refractivity contribution in [1.29, 1.82) is 0 Å². The van der Waals surface area contributed by atoms with Gasteiger partial charge in [-0.2, -0.15) is 13.2 Å². The molecule has 0 radical (unpaired) electrons. The first-order chi connectivity index (χ1) is 9.79. The SMILES string of the molecule is CCN=C1N[C@@H]2[C@@H](O)[C@H](O)[C@@H]([C@@H](OC)C(F)(F)F)O[C@@H]2S1. The monoisotopic (exact) mass is 330 g/mol. The van der Waals surface area contributed by atoms with E-state index in [1.54, 1.807) is 6.92 Å². The molecule has 0 saturated carbocycles. The highest BCUT2D eigenvalue weighted by atomic mass is 32.2. The Bertz CT molecular complexity index is 409. The van der Waals surface area contributed by atoms with Gasteiger partial charge in [0.1, 0.15) is 23.7 Å². The van der Waals surface area contributed by atoms with E-state index in [0.29, 0.717) is 11.7 Å². The lowest BCUT2D eigenvalue weighted by molar-refractivity contribution is -0.279. The molecule has 0 aromatic rings. The number of aliphatic imine (C=N–C) groups is 1. The molecule has 0 unspecified atom stereocenters. The summed E-state index contributed by atoms with van der Waals surface area (Å²) < 4.78 is 48.4. The van der Waals surface area contributed by atoms with Gasteiger partial charge >= 0.3 is 6.18 Å². The number of aliphatic hydroxyl groups is 2. The molecule has 2 rings (SSSR count). The number of amidine groups is 1. The Morgan fingerprint density at radius 3 is 2.62 bits per heavy atom. The maximum absolute atomic E-state index is 12.9. The molecule has 122 valence electrons. The third-order valence-corrected chi connectivity index (χ3v) is 4.44. The van der Waals surface area contributed by atoms with Gasteiger partial charge in [0.15, 0.2) is 11.3 Å². The molecule has 0 amide bonds. The van der Waals surface area contributed by atoms with Crippen LogP contribution in [-0.2, 0) is 9.47 Å². The number of aliphatic hydroxyl groups excluding tert-OH is 2. The molecule has 2 saturated heterocycles. The van der Waals surface area contributed by atoms with Gasteiger partial charge in [0, 0.05) is 13.7 Å². The Morgan fingerprint density at radius 1 is 1.43 bits per heavy atom. The number of methoxy groups -OCH3 is 1. The van der Waals surface area contributed by atoms with Crippen molar-refractivity contribution in [2.75, 3.05) is 13.7 Å². The molecular formula is C11H17F3N2O4S. The van der Waals surface area contributed by atoms with Gasteiger partial charge in [0.05, 0.1) is 6.04 Å². The lowest BCUT2D eigenvalue weighted by atomic mass is 9.94. The Kier molecular flexibility index (Phi) is 5.03. The van der Waals surface area contributed by atoms with E-state index in [2.05, 4.69) is 15.0 Å². The molecule has 3 N–H and O–H groups in total. The quantitative estimate of drug-likeness (QED) is 0.680. The van der Waals surface area contributed by atoms with Gasteiger partial charge in [-0.1, -0.05) is 11.8 Å². The zero-order chi connectivity index (χ0) is 15.8. The predicted molar refractivity (Wildman–Crippen MR) is 70.0 cm³/mol. The highest BCUT2D eigenvalue weighted by Gasteiger charge is 2.57. The second-order valence-electron chi connectivity index (χ2n) is 4.72. The molecule has 10 heteroatoms. The molecule has 2 heterocycles. The molecule has 0 bridgehead atoms. The van der Waals surface area contributed by atoms with Crippen LogP contribution in [0, 0.1) is 0 Å². The van der Waals surface area contributed by atoms with Gasteiger partial charge in [0.2, 0.25) is 0 Å². The molecule has 2 aliphatic rings. The number of nitrogens with one attached hydrogen (secondary N) is 1. The highest BCUT2D eigenvalue weighted by molar-refractivity contribution is 8.14. The lowest BCUT2D eigenvalue weighted by Crippen LogP contribution is -2.63. The Balaban J connectivity index is 2.19. The molecule has 0 aromatic carbocycles. The van der Waals surface area contributed by atoms with E-state index in [1.807, 2.05) is 0 Å². The van der Waals surface area contributed by atoms with Gasteiger partial charge in [-0.3, -0.25) is 4.99 Å². The minimum atomic E-state index is -4.70. The smallest absolute Gasteiger partial charge is 0.388 e. The summed E-state index contributed by atoms with van der Waals surface area (Å²) >= 11 is 1.09. The molecule has 0 aliphatic carbocycles. The van der Waals surface area contributed by atoms with Gasteiger partial charge < -0.3 is 25.0 Å². The summed E-state index contributed by atoms with van der Waals surface area (Å²) in [6.45, 7) is 2.29. The highest BCUT2D eigenvalue weighted by Crippen LogP contribution is 2.38. The Morgan fingerprint density at radius 2 is 2.10 bits per heavy atom. The summed E-state index contributed by atoms with van der Waals surface area (Å²) in [5.41, 5.74) is -0.765. The Hall–Kier alpha value is -0.550. The largest absolute Gasteiger partial charge is 0.417 e. The van der Waals surface area contributed by atoms with Gasteiger partial charge in [-0.15, -0.1) is 0 Å². The second-order valence-corrected chi connectivity index (χ2v) is 5.80. The number of nitrogens with zero attached hydrogens (tertiary/aromatic N) is 1. The van der Waals surface area contributed by atoms with Crippen molar-refractivity contribution in [3.63, 3.8) is 0 Å². The molecule has 0 aromatic heterocycles. The van der Waals surface area contributed by atoms with Crippen molar-refractivity contribution < 1.29 is 32.9 Å². The van der Waals surface area contributed by atoms with Crippen LogP contribution in [0.2, 0.25) is 0 Å². The number of alkyl halides is 3. The van der Waals surface area contributed by atoms with E-state index >= 15 is 0 Å². The van der Waals surface area contributed by atoms with Crippen LogP contribution in [0.15, 0.2) is 4.99 Å². The maximum atomic E-state index is 12.9. The molecule has 0 spiro atoms. The minimum Gasteiger partial charge on any atom is -0.388 e. The molecule has 6 atom stereocenters. The summed E-state index contributed by atoms with van der Waals surface area (Å²) in [6, 6.07) is -0.711. The fourth-order valence-corrected chi connectivity index (χ4v) is 3.55. The lowest BCUT2D eigenvalue weighted by Gasteiger charge is -2.41. The number of ether oxygens (including phenoxy) is 2.